The Morgan fingerprint density at radius 3 is 2.00 bits per heavy atom. The van der Waals surface area contributed by atoms with Gasteiger partial charge in [0.2, 0.25) is 0 Å². The minimum Gasteiger partial charge on any atom is -0.364 e. The smallest absolute Gasteiger partial charge is 0.159 e. The highest BCUT2D eigenvalue weighted by Crippen LogP contribution is 2.54. The molecule has 0 aromatic heterocycles. The highest BCUT2D eigenvalue weighted by Gasteiger charge is 2.46. The van der Waals surface area contributed by atoms with Crippen molar-refractivity contribution in [2.45, 2.75) is 76.8 Å². The number of halogens is 2. The fourth-order valence-corrected chi connectivity index (χ4v) is 10.4. The highest BCUT2D eigenvalue weighted by molar-refractivity contribution is 6.90. The average Bonchev–Trinajstić information content (AvgIpc) is 3.06. The molecule has 3 atom stereocenters. The summed E-state index contributed by atoms with van der Waals surface area (Å²) < 4.78 is 33.2. The molecule has 0 radical (unpaired) electrons. The summed E-state index contributed by atoms with van der Waals surface area (Å²) in [5, 5.41) is 0. The van der Waals surface area contributed by atoms with E-state index < -0.39 is 19.7 Å². The molecule has 0 unspecified atom stereocenters. The molecule has 1 aromatic rings. The van der Waals surface area contributed by atoms with Gasteiger partial charge in [-0.2, -0.15) is 0 Å². The molecule has 2 aliphatic heterocycles. The van der Waals surface area contributed by atoms with Gasteiger partial charge in [-0.3, -0.25) is 0 Å². The fourth-order valence-electron chi connectivity index (χ4n) is 5.06. The van der Waals surface area contributed by atoms with Gasteiger partial charge in [-0.15, -0.1) is 11.5 Å². The maximum absolute atomic E-state index is 13.7. The van der Waals surface area contributed by atoms with Crippen LogP contribution in [0.5, 0.6) is 0 Å². The molecule has 25 heavy (non-hydrogen) atoms. The molecule has 1 saturated heterocycles. The Hall–Kier alpha value is -1.18. The molecule has 136 valence electrons. The van der Waals surface area contributed by atoms with Gasteiger partial charge in [-0.25, -0.2) is 8.78 Å². The van der Waals surface area contributed by atoms with E-state index in [2.05, 4.69) is 53.0 Å². The number of rotatable bonds is 3. The minimum atomic E-state index is -1.78. The van der Waals surface area contributed by atoms with E-state index in [-0.39, 0.29) is 18.1 Å². The predicted molar refractivity (Wildman–Crippen MR) is 99.9 cm³/mol. The summed E-state index contributed by atoms with van der Waals surface area (Å²) in [6.07, 6.45) is 0.442. The van der Waals surface area contributed by atoms with E-state index in [9.17, 15) is 8.78 Å². The van der Waals surface area contributed by atoms with Gasteiger partial charge in [0.1, 0.15) is 8.07 Å². The zero-order chi connectivity index (χ0) is 18.5. The summed E-state index contributed by atoms with van der Waals surface area (Å²) in [5.41, 5.74) is 7.10. The molecule has 3 rings (SSSR count). The van der Waals surface area contributed by atoms with Crippen molar-refractivity contribution in [2.24, 2.45) is 5.92 Å². The highest BCUT2D eigenvalue weighted by atomic mass is 28.3. The lowest BCUT2D eigenvalue weighted by molar-refractivity contribution is 0.0656. The standard InChI is InChI=1S/C21H28F2OSi/c1-12(2)25(13(3)4,14(5)6)8-7-15-9-20-16-10-18(22)19(23)11-17(16)21(15)24-20/h10-15,20-21H,9H2,1-6H3/t15-,20+,21-/m0/s1. The second kappa shape index (κ2) is 6.52. The third kappa shape index (κ3) is 2.86. The number of hydrogen-bond donors (Lipinski definition) is 0. The Kier molecular flexibility index (Phi) is 4.85. The van der Waals surface area contributed by atoms with E-state index in [4.69, 9.17) is 4.74 Å². The van der Waals surface area contributed by atoms with Crippen molar-refractivity contribution in [3.8, 4) is 11.5 Å². The zero-order valence-corrected chi connectivity index (χ0v) is 17.0. The van der Waals surface area contributed by atoms with Crippen molar-refractivity contribution in [2.75, 3.05) is 0 Å². The van der Waals surface area contributed by atoms with Crippen LogP contribution >= 0.6 is 0 Å². The molecule has 0 amide bonds. The van der Waals surface area contributed by atoms with Crippen molar-refractivity contribution in [3.63, 3.8) is 0 Å². The molecule has 2 aliphatic rings. The number of hydrogen-bond acceptors (Lipinski definition) is 1. The second-order valence-corrected chi connectivity index (χ2v) is 14.0. The molecule has 2 bridgehead atoms. The molecule has 4 heteroatoms. The first kappa shape index (κ1) is 18.6. The van der Waals surface area contributed by atoms with Crippen LogP contribution in [0.4, 0.5) is 8.78 Å². The first-order valence-corrected chi connectivity index (χ1v) is 11.6. The van der Waals surface area contributed by atoms with Crippen molar-refractivity contribution in [3.05, 3.63) is 34.9 Å². The molecule has 2 heterocycles. The van der Waals surface area contributed by atoms with Crippen LogP contribution in [0.25, 0.3) is 0 Å². The Morgan fingerprint density at radius 2 is 1.48 bits per heavy atom. The van der Waals surface area contributed by atoms with E-state index in [0.29, 0.717) is 16.6 Å². The van der Waals surface area contributed by atoms with E-state index in [1.165, 1.54) is 12.1 Å². The maximum Gasteiger partial charge on any atom is 0.159 e. The molecule has 0 aliphatic carbocycles. The van der Waals surface area contributed by atoms with Gasteiger partial charge >= 0.3 is 0 Å². The number of benzene rings is 1. The molecule has 1 nitrogen and oxygen atoms in total. The van der Waals surface area contributed by atoms with Crippen LogP contribution in [0.3, 0.4) is 0 Å². The molecule has 0 spiro atoms. The van der Waals surface area contributed by atoms with Crippen molar-refractivity contribution in [1.82, 2.24) is 0 Å². The lowest BCUT2D eigenvalue weighted by Crippen LogP contribution is -2.43. The van der Waals surface area contributed by atoms with Crippen molar-refractivity contribution in [1.29, 1.82) is 0 Å². The molecular formula is C21H28F2OSi. The SMILES string of the molecule is CC(C)[Si](C#C[C@H]1C[C@H]2O[C@@H]1c1cc(F)c(F)cc12)(C(C)C)C(C)C. The molecule has 0 N–H and O–H groups in total. The quantitative estimate of drug-likeness (QED) is 0.452. The summed E-state index contributed by atoms with van der Waals surface area (Å²) in [5.74, 6) is 2.05. The van der Waals surface area contributed by atoms with Crippen LogP contribution in [0, 0.1) is 29.0 Å². The Morgan fingerprint density at radius 1 is 0.960 bits per heavy atom. The van der Waals surface area contributed by atoms with Gasteiger partial charge in [0, 0.05) is 0 Å². The Labute approximate surface area is 151 Å². The summed E-state index contributed by atoms with van der Waals surface area (Å²) in [6, 6.07) is 2.61. The second-order valence-electron chi connectivity index (χ2n) is 8.45. The Balaban J connectivity index is 1.94. The van der Waals surface area contributed by atoms with Crippen LogP contribution in [-0.2, 0) is 4.74 Å². The first-order chi connectivity index (χ1) is 11.7. The van der Waals surface area contributed by atoms with Gasteiger partial charge in [0.15, 0.2) is 11.6 Å². The first-order valence-electron chi connectivity index (χ1n) is 9.35. The van der Waals surface area contributed by atoms with E-state index in [1.54, 1.807) is 0 Å². The lowest BCUT2D eigenvalue weighted by atomic mass is 9.84. The summed E-state index contributed by atoms with van der Waals surface area (Å²) in [4.78, 5) is 0. The van der Waals surface area contributed by atoms with Gasteiger partial charge in [-0.1, -0.05) is 41.5 Å². The zero-order valence-electron chi connectivity index (χ0n) is 16.0. The molecule has 0 saturated carbocycles. The number of ether oxygens (including phenoxy) is 1. The van der Waals surface area contributed by atoms with Crippen LogP contribution in [0.2, 0.25) is 16.6 Å². The molecule has 1 aromatic carbocycles. The van der Waals surface area contributed by atoms with Crippen LogP contribution < -0.4 is 0 Å². The molecular weight excluding hydrogens is 334 g/mol. The van der Waals surface area contributed by atoms with Gasteiger partial charge < -0.3 is 4.74 Å². The monoisotopic (exact) mass is 362 g/mol. The van der Waals surface area contributed by atoms with E-state index in [0.717, 1.165) is 17.5 Å². The predicted octanol–water partition coefficient (Wildman–Crippen LogP) is 6.32. The van der Waals surface area contributed by atoms with Gasteiger partial charge in [0.05, 0.1) is 18.1 Å². The third-order valence-corrected chi connectivity index (χ3v) is 12.6. The normalized spacial score (nSPS) is 24.8. The van der Waals surface area contributed by atoms with Crippen molar-refractivity contribution >= 4 is 8.07 Å². The summed E-state index contributed by atoms with van der Waals surface area (Å²) >= 11 is 0. The van der Waals surface area contributed by atoms with Crippen LogP contribution in [0.15, 0.2) is 12.1 Å². The maximum atomic E-state index is 13.7. The summed E-state index contributed by atoms with van der Waals surface area (Å²) in [7, 11) is -1.78. The Bertz CT molecular complexity index is 708. The third-order valence-electron chi connectivity index (χ3n) is 6.26. The number of fused-ring (bicyclic) bond motifs is 5. The fraction of sp³-hybridized carbons (Fsp3) is 0.619. The van der Waals surface area contributed by atoms with E-state index in [1.807, 2.05) is 0 Å². The van der Waals surface area contributed by atoms with Crippen molar-refractivity contribution < 1.29 is 13.5 Å². The van der Waals surface area contributed by atoms with Crippen LogP contribution in [0.1, 0.15) is 71.3 Å². The lowest BCUT2D eigenvalue weighted by Gasteiger charge is -2.38. The van der Waals surface area contributed by atoms with Gasteiger partial charge in [-0.05, 0) is 46.3 Å². The van der Waals surface area contributed by atoms with Crippen LogP contribution in [-0.4, -0.2) is 8.07 Å². The van der Waals surface area contributed by atoms with Gasteiger partial charge in [0.25, 0.3) is 0 Å². The minimum absolute atomic E-state index is 0.0884. The van der Waals surface area contributed by atoms with E-state index >= 15 is 0 Å². The topological polar surface area (TPSA) is 9.23 Å². The average molecular weight is 363 g/mol. The largest absolute Gasteiger partial charge is 0.364 e. The summed E-state index contributed by atoms with van der Waals surface area (Å²) in [6.45, 7) is 13.8. The molecule has 1 fully saturated rings.